The minimum absolute atomic E-state index is 0.0395. The summed E-state index contributed by atoms with van der Waals surface area (Å²) in [5.74, 6) is -3.15. The van der Waals surface area contributed by atoms with Crippen LogP contribution in [0.1, 0.15) is 0 Å². The molecule has 0 saturated heterocycles. The van der Waals surface area contributed by atoms with Crippen molar-refractivity contribution in [3.05, 3.63) is 12.4 Å². The summed E-state index contributed by atoms with van der Waals surface area (Å²) in [6, 6.07) is 0. The van der Waals surface area contributed by atoms with Crippen LogP contribution in [0.25, 0.3) is 0 Å². The molecule has 1 rings (SSSR count). The van der Waals surface area contributed by atoms with Gasteiger partial charge < -0.3 is 20.3 Å². The van der Waals surface area contributed by atoms with Gasteiger partial charge in [-0.2, -0.15) is 5.10 Å². The second-order valence-electron chi connectivity index (χ2n) is 3.70. The lowest BCUT2D eigenvalue weighted by atomic mass is 10.3. The number of ether oxygens (including phenoxy) is 1. The molecule has 3 N–H and O–H groups in total. The molecule has 0 atom stereocenters. The van der Waals surface area contributed by atoms with Crippen LogP contribution in [0, 0.1) is 0 Å². The smallest absolute Gasteiger partial charge is 0.287 e. The average Bonchev–Trinajstić information content (AvgIpc) is 2.80. The molecular weight excluding hydrogens is 248 g/mol. The molecule has 0 saturated carbocycles. The highest BCUT2D eigenvalue weighted by Crippen LogP contribution is 2.14. The summed E-state index contributed by atoms with van der Waals surface area (Å²) in [4.78, 5) is 0. The first-order chi connectivity index (χ1) is 8.57. The molecular formula is C10H17F2N3O3. The first kappa shape index (κ1) is 14.8. The standard InChI is InChI=1S/C10H17F2N3O3/c11-10(12,8-17)7-13-9-5-14-15(6-9)1-3-18-4-2-16/h5-6,13,16-17H,1-4,7-8H2. The van der Waals surface area contributed by atoms with Gasteiger partial charge >= 0.3 is 0 Å². The normalized spacial score (nSPS) is 11.8. The number of rotatable bonds is 9. The van der Waals surface area contributed by atoms with E-state index in [4.69, 9.17) is 14.9 Å². The van der Waals surface area contributed by atoms with Crippen molar-refractivity contribution in [2.45, 2.75) is 12.5 Å². The Morgan fingerprint density at radius 1 is 1.39 bits per heavy atom. The Morgan fingerprint density at radius 3 is 2.83 bits per heavy atom. The van der Waals surface area contributed by atoms with Crippen LogP contribution < -0.4 is 5.32 Å². The van der Waals surface area contributed by atoms with Crippen LogP contribution in [0.3, 0.4) is 0 Å². The molecule has 0 amide bonds. The molecule has 0 aliphatic carbocycles. The molecule has 0 spiro atoms. The van der Waals surface area contributed by atoms with Gasteiger partial charge in [-0.15, -0.1) is 0 Å². The van der Waals surface area contributed by atoms with Crippen molar-refractivity contribution in [3.8, 4) is 0 Å². The molecule has 0 aromatic carbocycles. The van der Waals surface area contributed by atoms with Crippen LogP contribution in [0.2, 0.25) is 0 Å². The summed E-state index contributed by atoms with van der Waals surface area (Å²) in [5, 5.41) is 23.3. The molecule has 18 heavy (non-hydrogen) atoms. The number of anilines is 1. The van der Waals surface area contributed by atoms with Gasteiger partial charge in [0, 0.05) is 6.20 Å². The van der Waals surface area contributed by atoms with Crippen LogP contribution in [0.15, 0.2) is 12.4 Å². The number of hydrogen-bond acceptors (Lipinski definition) is 5. The number of alkyl halides is 2. The lowest BCUT2D eigenvalue weighted by molar-refractivity contribution is -0.0372. The monoisotopic (exact) mass is 265 g/mol. The summed E-state index contributed by atoms with van der Waals surface area (Å²) >= 11 is 0. The summed E-state index contributed by atoms with van der Waals surface area (Å²) in [7, 11) is 0. The van der Waals surface area contributed by atoms with Crippen molar-refractivity contribution in [2.75, 3.05) is 38.3 Å². The van der Waals surface area contributed by atoms with E-state index in [1.165, 1.54) is 10.9 Å². The maximum Gasteiger partial charge on any atom is 0.287 e. The van der Waals surface area contributed by atoms with Gasteiger partial charge in [-0.1, -0.05) is 0 Å². The van der Waals surface area contributed by atoms with Crippen LogP contribution in [0.5, 0.6) is 0 Å². The zero-order valence-electron chi connectivity index (χ0n) is 9.85. The van der Waals surface area contributed by atoms with E-state index >= 15 is 0 Å². The minimum atomic E-state index is -3.15. The molecule has 0 bridgehead atoms. The Bertz CT molecular complexity index is 347. The van der Waals surface area contributed by atoms with Crippen molar-refractivity contribution in [3.63, 3.8) is 0 Å². The fourth-order valence-electron chi connectivity index (χ4n) is 1.19. The Hall–Kier alpha value is -1.25. The minimum Gasteiger partial charge on any atom is -0.394 e. The first-order valence-electron chi connectivity index (χ1n) is 5.51. The van der Waals surface area contributed by atoms with E-state index in [1.807, 2.05) is 0 Å². The van der Waals surface area contributed by atoms with Gasteiger partial charge in [-0.25, -0.2) is 8.78 Å². The van der Waals surface area contributed by atoms with Crippen molar-refractivity contribution >= 4 is 5.69 Å². The van der Waals surface area contributed by atoms with Crippen molar-refractivity contribution in [1.82, 2.24) is 9.78 Å². The molecule has 0 aliphatic heterocycles. The third-order valence-electron chi connectivity index (χ3n) is 2.12. The molecule has 8 heteroatoms. The fraction of sp³-hybridized carbons (Fsp3) is 0.700. The first-order valence-corrected chi connectivity index (χ1v) is 5.51. The predicted molar refractivity (Wildman–Crippen MR) is 60.7 cm³/mol. The van der Waals surface area contributed by atoms with Gasteiger partial charge in [0.15, 0.2) is 0 Å². The van der Waals surface area contributed by atoms with Gasteiger partial charge in [-0.3, -0.25) is 4.68 Å². The Kier molecular flexibility index (Phi) is 5.96. The second-order valence-corrected chi connectivity index (χ2v) is 3.70. The number of aliphatic hydroxyl groups excluding tert-OH is 2. The highest BCUT2D eigenvalue weighted by atomic mass is 19.3. The molecule has 0 unspecified atom stereocenters. The quantitative estimate of drug-likeness (QED) is 0.545. The van der Waals surface area contributed by atoms with Crippen molar-refractivity contribution < 1.29 is 23.7 Å². The lowest BCUT2D eigenvalue weighted by Crippen LogP contribution is -2.30. The van der Waals surface area contributed by atoms with Gasteiger partial charge in [0.2, 0.25) is 0 Å². The van der Waals surface area contributed by atoms with Crippen molar-refractivity contribution in [2.24, 2.45) is 0 Å². The summed E-state index contributed by atoms with van der Waals surface area (Å²) < 4.78 is 32.1. The van der Waals surface area contributed by atoms with Gasteiger partial charge in [0.25, 0.3) is 5.92 Å². The number of nitrogens with one attached hydrogen (secondary N) is 1. The van der Waals surface area contributed by atoms with Crippen LogP contribution in [0.4, 0.5) is 14.5 Å². The zero-order valence-corrected chi connectivity index (χ0v) is 9.85. The number of aromatic nitrogens is 2. The molecule has 104 valence electrons. The topological polar surface area (TPSA) is 79.5 Å². The highest BCUT2D eigenvalue weighted by molar-refractivity contribution is 5.38. The molecule has 0 aliphatic rings. The summed E-state index contributed by atoms with van der Waals surface area (Å²) in [6.45, 7) is -0.761. The molecule has 0 fully saturated rings. The number of hydrogen-bond donors (Lipinski definition) is 3. The van der Waals surface area contributed by atoms with Crippen molar-refractivity contribution in [1.29, 1.82) is 0 Å². The average molecular weight is 265 g/mol. The largest absolute Gasteiger partial charge is 0.394 e. The molecule has 0 radical (unpaired) electrons. The third-order valence-corrected chi connectivity index (χ3v) is 2.12. The molecule has 6 nitrogen and oxygen atoms in total. The molecule has 1 aromatic heterocycles. The maximum absolute atomic E-state index is 12.7. The van der Waals surface area contributed by atoms with Crippen LogP contribution >= 0.6 is 0 Å². The van der Waals surface area contributed by atoms with Gasteiger partial charge in [0.05, 0.1) is 44.8 Å². The SMILES string of the molecule is OCCOCCn1cc(NCC(F)(F)CO)cn1. The van der Waals surface area contributed by atoms with E-state index in [1.54, 1.807) is 6.20 Å². The zero-order chi connectivity index (χ0) is 13.4. The number of nitrogens with zero attached hydrogens (tertiary/aromatic N) is 2. The Morgan fingerprint density at radius 2 is 2.17 bits per heavy atom. The van der Waals surface area contributed by atoms with E-state index in [9.17, 15) is 8.78 Å². The van der Waals surface area contributed by atoms with E-state index in [-0.39, 0.29) is 13.2 Å². The van der Waals surface area contributed by atoms with Crippen LogP contribution in [-0.2, 0) is 11.3 Å². The fourth-order valence-corrected chi connectivity index (χ4v) is 1.19. The van der Waals surface area contributed by atoms with E-state index in [0.717, 1.165) is 0 Å². The van der Waals surface area contributed by atoms with E-state index in [0.29, 0.717) is 18.8 Å². The second kappa shape index (κ2) is 7.24. The third kappa shape index (κ3) is 5.39. The summed E-state index contributed by atoms with van der Waals surface area (Å²) in [5.41, 5.74) is 0.449. The lowest BCUT2D eigenvalue weighted by Gasteiger charge is -2.13. The maximum atomic E-state index is 12.7. The highest BCUT2D eigenvalue weighted by Gasteiger charge is 2.27. The van der Waals surface area contributed by atoms with Gasteiger partial charge in [-0.05, 0) is 0 Å². The molecule has 1 aromatic rings. The Balaban J connectivity index is 2.30. The Labute approximate surface area is 103 Å². The van der Waals surface area contributed by atoms with Gasteiger partial charge in [0.1, 0.15) is 6.61 Å². The van der Waals surface area contributed by atoms with E-state index < -0.39 is 19.1 Å². The molecule has 1 heterocycles. The number of halogens is 2. The van der Waals surface area contributed by atoms with E-state index in [2.05, 4.69) is 10.4 Å². The number of aliphatic hydroxyl groups is 2. The predicted octanol–water partition coefficient (Wildman–Crippen LogP) is -0.0685. The summed E-state index contributed by atoms with van der Waals surface area (Å²) in [6.07, 6.45) is 2.98. The van der Waals surface area contributed by atoms with Crippen LogP contribution in [-0.4, -0.2) is 58.9 Å².